The molecule has 5 heteroatoms. The van der Waals surface area contributed by atoms with E-state index >= 15 is 0 Å². The number of carbonyl (C=O) groups is 1. The summed E-state index contributed by atoms with van der Waals surface area (Å²) in [4.78, 5) is 13.1. The van der Waals surface area contributed by atoms with Gasteiger partial charge < -0.3 is 15.2 Å². The summed E-state index contributed by atoms with van der Waals surface area (Å²) in [7, 11) is 3.62. The van der Waals surface area contributed by atoms with Crippen LogP contribution < -0.4 is 5.32 Å². The van der Waals surface area contributed by atoms with Gasteiger partial charge in [0.1, 0.15) is 5.54 Å². The predicted molar refractivity (Wildman–Crippen MR) is 57.0 cm³/mol. The van der Waals surface area contributed by atoms with Crippen LogP contribution in [0.25, 0.3) is 0 Å². The van der Waals surface area contributed by atoms with Gasteiger partial charge in [0.25, 0.3) is 0 Å². The first-order valence-electron chi connectivity index (χ1n) is 5.20. The van der Waals surface area contributed by atoms with Crippen LogP contribution in [0.1, 0.15) is 13.3 Å². The van der Waals surface area contributed by atoms with Gasteiger partial charge in [0.2, 0.25) is 0 Å². The molecule has 1 aliphatic rings. The monoisotopic (exact) mass is 216 g/mol. The lowest BCUT2D eigenvalue weighted by Gasteiger charge is -2.32. The molecule has 0 saturated carbocycles. The van der Waals surface area contributed by atoms with Crippen LogP contribution in [0.5, 0.6) is 0 Å². The van der Waals surface area contributed by atoms with Gasteiger partial charge in [0.05, 0.1) is 6.61 Å². The van der Waals surface area contributed by atoms with E-state index in [2.05, 4.69) is 10.2 Å². The molecule has 0 spiro atoms. The smallest absolute Gasteiger partial charge is 0.324 e. The van der Waals surface area contributed by atoms with Gasteiger partial charge >= 0.3 is 5.97 Å². The van der Waals surface area contributed by atoms with Gasteiger partial charge in [0, 0.05) is 19.2 Å². The molecule has 2 N–H and O–H groups in total. The van der Waals surface area contributed by atoms with Gasteiger partial charge in [-0.3, -0.25) is 9.69 Å². The standard InChI is InChI=1S/C10H20N2O3/c1-10(11-2,9(13)14)7-12(3)8-4-5-15-6-8/h8,11H,4-7H2,1-3H3,(H,13,14). The number of hydrogen-bond donors (Lipinski definition) is 2. The molecule has 5 nitrogen and oxygen atoms in total. The summed E-state index contributed by atoms with van der Waals surface area (Å²) in [6.45, 7) is 3.66. The van der Waals surface area contributed by atoms with E-state index in [-0.39, 0.29) is 0 Å². The lowest BCUT2D eigenvalue weighted by atomic mass is 10.0. The number of likely N-dealkylation sites (N-methyl/N-ethyl adjacent to an activating group) is 2. The third kappa shape index (κ3) is 2.90. The summed E-state index contributed by atoms with van der Waals surface area (Å²) in [5.41, 5.74) is -0.892. The maximum atomic E-state index is 11.1. The first-order chi connectivity index (χ1) is 6.99. The molecular formula is C10H20N2O3. The second-order valence-electron chi connectivity index (χ2n) is 4.32. The molecule has 88 valence electrons. The second-order valence-corrected chi connectivity index (χ2v) is 4.32. The first-order valence-corrected chi connectivity index (χ1v) is 5.20. The van der Waals surface area contributed by atoms with Crippen molar-refractivity contribution in [3.63, 3.8) is 0 Å². The molecule has 0 radical (unpaired) electrons. The van der Waals surface area contributed by atoms with Crippen molar-refractivity contribution in [3.05, 3.63) is 0 Å². The minimum Gasteiger partial charge on any atom is -0.480 e. The summed E-state index contributed by atoms with van der Waals surface area (Å²) in [5, 5.41) is 12.0. The van der Waals surface area contributed by atoms with E-state index in [9.17, 15) is 4.79 Å². The molecular weight excluding hydrogens is 196 g/mol. The van der Waals surface area contributed by atoms with Crippen LogP contribution in [-0.2, 0) is 9.53 Å². The van der Waals surface area contributed by atoms with Crippen molar-refractivity contribution >= 4 is 5.97 Å². The fourth-order valence-corrected chi connectivity index (χ4v) is 1.75. The van der Waals surface area contributed by atoms with Crippen LogP contribution in [0.2, 0.25) is 0 Å². The Labute approximate surface area is 90.4 Å². The van der Waals surface area contributed by atoms with Crippen LogP contribution in [0.15, 0.2) is 0 Å². The number of rotatable bonds is 5. The number of nitrogens with one attached hydrogen (secondary N) is 1. The highest BCUT2D eigenvalue weighted by atomic mass is 16.5. The lowest BCUT2D eigenvalue weighted by Crippen LogP contribution is -2.56. The average molecular weight is 216 g/mol. The largest absolute Gasteiger partial charge is 0.480 e. The molecule has 15 heavy (non-hydrogen) atoms. The molecule has 0 aromatic carbocycles. The van der Waals surface area contributed by atoms with E-state index in [1.54, 1.807) is 14.0 Å². The number of carboxylic acid groups (broad SMARTS) is 1. The van der Waals surface area contributed by atoms with E-state index in [0.717, 1.165) is 13.0 Å². The Balaban J connectivity index is 2.54. The molecule has 2 atom stereocenters. The summed E-state index contributed by atoms with van der Waals surface area (Å²) in [6, 6.07) is 0.344. The third-order valence-corrected chi connectivity index (χ3v) is 3.12. The number of hydrogen-bond acceptors (Lipinski definition) is 4. The van der Waals surface area contributed by atoms with Gasteiger partial charge in [-0.15, -0.1) is 0 Å². The van der Waals surface area contributed by atoms with Gasteiger partial charge in [-0.05, 0) is 27.4 Å². The molecule has 1 fully saturated rings. The fraction of sp³-hybridized carbons (Fsp3) is 0.900. The van der Waals surface area contributed by atoms with Gasteiger partial charge in [-0.25, -0.2) is 0 Å². The molecule has 1 heterocycles. The van der Waals surface area contributed by atoms with Crippen LogP contribution in [0, 0.1) is 0 Å². The lowest BCUT2D eigenvalue weighted by molar-refractivity contribution is -0.144. The average Bonchev–Trinajstić information content (AvgIpc) is 2.70. The van der Waals surface area contributed by atoms with Crippen LogP contribution in [-0.4, -0.2) is 61.4 Å². The van der Waals surface area contributed by atoms with Crippen LogP contribution in [0.3, 0.4) is 0 Å². The molecule has 0 amide bonds. The van der Waals surface area contributed by atoms with E-state index < -0.39 is 11.5 Å². The van der Waals surface area contributed by atoms with Gasteiger partial charge in [-0.1, -0.05) is 0 Å². The SMILES string of the molecule is CNC(C)(CN(C)C1CCOC1)C(=O)O. The molecule has 1 rings (SSSR count). The van der Waals surface area contributed by atoms with E-state index in [4.69, 9.17) is 9.84 Å². The predicted octanol–water partition coefficient (Wildman–Crippen LogP) is -0.230. The highest BCUT2D eigenvalue weighted by Gasteiger charge is 2.34. The molecule has 0 aromatic rings. The van der Waals surface area contributed by atoms with Crippen molar-refractivity contribution in [1.82, 2.24) is 10.2 Å². The van der Waals surface area contributed by atoms with E-state index in [1.165, 1.54) is 0 Å². The van der Waals surface area contributed by atoms with Gasteiger partial charge in [-0.2, -0.15) is 0 Å². The zero-order valence-corrected chi connectivity index (χ0v) is 9.62. The minimum atomic E-state index is -0.892. The number of carboxylic acids is 1. The normalized spacial score (nSPS) is 25.5. The topological polar surface area (TPSA) is 61.8 Å². The third-order valence-electron chi connectivity index (χ3n) is 3.12. The van der Waals surface area contributed by atoms with Crippen molar-refractivity contribution in [1.29, 1.82) is 0 Å². The van der Waals surface area contributed by atoms with Crippen molar-refractivity contribution < 1.29 is 14.6 Å². The molecule has 1 aliphatic heterocycles. The molecule has 0 aromatic heterocycles. The van der Waals surface area contributed by atoms with Crippen molar-refractivity contribution in [2.45, 2.75) is 24.9 Å². The van der Waals surface area contributed by atoms with Crippen LogP contribution in [0.4, 0.5) is 0 Å². The summed E-state index contributed by atoms with van der Waals surface area (Å²) < 4.78 is 5.28. The van der Waals surface area contributed by atoms with E-state index in [0.29, 0.717) is 19.2 Å². The number of aliphatic carboxylic acids is 1. The molecule has 0 aliphatic carbocycles. The Bertz CT molecular complexity index is 229. The maximum Gasteiger partial charge on any atom is 0.324 e. The summed E-state index contributed by atoms with van der Waals surface area (Å²) in [5.74, 6) is -0.823. The van der Waals surface area contributed by atoms with Crippen molar-refractivity contribution in [2.24, 2.45) is 0 Å². The van der Waals surface area contributed by atoms with Crippen LogP contribution >= 0.6 is 0 Å². The highest BCUT2D eigenvalue weighted by Crippen LogP contribution is 2.14. The Morgan fingerprint density at radius 1 is 1.73 bits per heavy atom. The summed E-state index contributed by atoms with van der Waals surface area (Å²) >= 11 is 0. The Kier molecular flexibility index (Phi) is 4.07. The Morgan fingerprint density at radius 3 is 2.80 bits per heavy atom. The maximum absolute atomic E-state index is 11.1. The highest BCUT2D eigenvalue weighted by molar-refractivity contribution is 5.78. The van der Waals surface area contributed by atoms with Gasteiger partial charge in [0.15, 0.2) is 0 Å². The van der Waals surface area contributed by atoms with Crippen molar-refractivity contribution in [3.8, 4) is 0 Å². The fourth-order valence-electron chi connectivity index (χ4n) is 1.75. The Morgan fingerprint density at radius 2 is 2.40 bits per heavy atom. The Hall–Kier alpha value is -0.650. The molecule has 1 saturated heterocycles. The van der Waals surface area contributed by atoms with Crippen molar-refractivity contribution in [2.75, 3.05) is 33.9 Å². The zero-order chi connectivity index (χ0) is 11.5. The van der Waals surface area contributed by atoms with E-state index in [1.807, 2.05) is 7.05 Å². The molecule has 0 bridgehead atoms. The first kappa shape index (κ1) is 12.4. The zero-order valence-electron chi connectivity index (χ0n) is 9.62. The quantitative estimate of drug-likeness (QED) is 0.664. The number of ether oxygens (including phenoxy) is 1. The second kappa shape index (κ2) is 4.92. The minimum absolute atomic E-state index is 0.344. The summed E-state index contributed by atoms with van der Waals surface area (Å²) in [6.07, 6.45) is 0.982. The molecule has 2 unspecified atom stereocenters. The number of nitrogens with zero attached hydrogens (tertiary/aromatic N) is 1.